The lowest BCUT2D eigenvalue weighted by Crippen LogP contribution is -2.08. The van der Waals surface area contributed by atoms with E-state index in [1.54, 1.807) is 12.1 Å². The van der Waals surface area contributed by atoms with Crippen molar-refractivity contribution in [1.82, 2.24) is 0 Å². The summed E-state index contributed by atoms with van der Waals surface area (Å²) in [4.78, 5) is 10.7. The van der Waals surface area contributed by atoms with Crippen molar-refractivity contribution in [2.45, 2.75) is 25.2 Å². The molecule has 15 heavy (non-hydrogen) atoms. The number of benzene rings is 1. The standard InChI is InChI=1S/C12H13FO2/c13-10-5-3-9(4-6-10)11(7-12(14)15)8-1-2-8/h3-6,8,11H,1-2,7H2,(H,14,15)/t11-/m1/s1. The van der Waals surface area contributed by atoms with Gasteiger partial charge in [-0.05, 0) is 42.4 Å². The van der Waals surface area contributed by atoms with Crippen molar-refractivity contribution in [2.75, 3.05) is 0 Å². The number of halogens is 1. The fourth-order valence-corrected chi connectivity index (χ4v) is 1.95. The largest absolute Gasteiger partial charge is 0.481 e. The second kappa shape index (κ2) is 4.01. The van der Waals surface area contributed by atoms with Crippen molar-refractivity contribution in [3.8, 4) is 0 Å². The van der Waals surface area contributed by atoms with Gasteiger partial charge in [-0.15, -0.1) is 0 Å². The first kappa shape index (κ1) is 10.1. The predicted octanol–water partition coefficient (Wildman–Crippen LogP) is 2.79. The molecule has 2 rings (SSSR count). The van der Waals surface area contributed by atoms with Crippen molar-refractivity contribution in [3.63, 3.8) is 0 Å². The van der Waals surface area contributed by atoms with Gasteiger partial charge in [0.05, 0.1) is 6.42 Å². The zero-order valence-electron chi connectivity index (χ0n) is 8.32. The lowest BCUT2D eigenvalue weighted by molar-refractivity contribution is -0.137. The molecule has 80 valence electrons. The minimum atomic E-state index is -0.781. The third-order valence-corrected chi connectivity index (χ3v) is 2.88. The van der Waals surface area contributed by atoms with E-state index >= 15 is 0 Å². The van der Waals surface area contributed by atoms with E-state index in [-0.39, 0.29) is 18.2 Å². The van der Waals surface area contributed by atoms with E-state index in [9.17, 15) is 9.18 Å². The average Bonchev–Trinajstić information content (AvgIpc) is 2.99. The molecule has 0 saturated heterocycles. The molecule has 1 aliphatic rings. The number of carbonyl (C=O) groups is 1. The van der Waals surface area contributed by atoms with E-state index in [0.717, 1.165) is 18.4 Å². The van der Waals surface area contributed by atoms with Crippen LogP contribution in [0.25, 0.3) is 0 Å². The van der Waals surface area contributed by atoms with Gasteiger partial charge in [0, 0.05) is 0 Å². The van der Waals surface area contributed by atoms with Crippen LogP contribution in [-0.4, -0.2) is 11.1 Å². The van der Waals surface area contributed by atoms with E-state index in [4.69, 9.17) is 5.11 Å². The van der Waals surface area contributed by atoms with Crippen LogP contribution >= 0.6 is 0 Å². The van der Waals surface area contributed by atoms with Gasteiger partial charge in [0.2, 0.25) is 0 Å². The van der Waals surface area contributed by atoms with Gasteiger partial charge in [-0.25, -0.2) is 4.39 Å². The Balaban J connectivity index is 2.16. The van der Waals surface area contributed by atoms with Gasteiger partial charge in [-0.2, -0.15) is 0 Å². The second-order valence-corrected chi connectivity index (χ2v) is 4.09. The van der Waals surface area contributed by atoms with Crippen molar-refractivity contribution in [1.29, 1.82) is 0 Å². The minimum Gasteiger partial charge on any atom is -0.481 e. The van der Waals surface area contributed by atoms with Crippen LogP contribution in [0.2, 0.25) is 0 Å². The zero-order valence-corrected chi connectivity index (χ0v) is 8.32. The Labute approximate surface area is 87.7 Å². The number of aliphatic carboxylic acids is 1. The van der Waals surface area contributed by atoms with E-state index in [0.29, 0.717) is 5.92 Å². The first-order chi connectivity index (χ1) is 7.16. The van der Waals surface area contributed by atoms with Crippen LogP contribution < -0.4 is 0 Å². The molecule has 1 aromatic rings. The van der Waals surface area contributed by atoms with Crippen LogP contribution in [0.4, 0.5) is 4.39 Å². The summed E-state index contributed by atoms with van der Waals surface area (Å²) in [7, 11) is 0. The SMILES string of the molecule is O=C(O)C[C@@H](c1ccc(F)cc1)C1CC1. The number of carboxylic acids is 1. The maximum atomic E-state index is 12.7. The normalized spacial score (nSPS) is 17.4. The van der Waals surface area contributed by atoms with Crippen LogP contribution in [0.15, 0.2) is 24.3 Å². The summed E-state index contributed by atoms with van der Waals surface area (Å²) in [5.74, 6) is -0.519. The summed E-state index contributed by atoms with van der Waals surface area (Å²) < 4.78 is 12.7. The number of hydrogen-bond donors (Lipinski definition) is 1. The zero-order chi connectivity index (χ0) is 10.8. The molecule has 0 aliphatic heterocycles. The average molecular weight is 208 g/mol. The fraction of sp³-hybridized carbons (Fsp3) is 0.417. The molecule has 0 heterocycles. The second-order valence-electron chi connectivity index (χ2n) is 4.09. The lowest BCUT2D eigenvalue weighted by Gasteiger charge is -2.13. The van der Waals surface area contributed by atoms with Gasteiger partial charge in [0.1, 0.15) is 5.82 Å². The van der Waals surface area contributed by atoms with Crippen LogP contribution in [0.5, 0.6) is 0 Å². The topological polar surface area (TPSA) is 37.3 Å². The Hall–Kier alpha value is -1.38. The molecule has 1 fully saturated rings. The molecule has 0 bridgehead atoms. The van der Waals surface area contributed by atoms with Crippen LogP contribution in [0, 0.1) is 11.7 Å². The van der Waals surface area contributed by atoms with Crippen molar-refractivity contribution in [3.05, 3.63) is 35.6 Å². The Morgan fingerprint density at radius 1 is 1.40 bits per heavy atom. The van der Waals surface area contributed by atoms with Crippen molar-refractivity contribution >= 4 is 5.97 Å². The van der Waals surface area contributed by atoms with Crippen LogP contribution in [0.1, 0.15) is 30.7 Å². The van der Waals surface area contributed by atoms with Crippen LogP contribution in [-0.2, 0) is 4.79 Å². The summed E-state index contributed by atoms with van der Waals surface area (Å²) in [5, 5.41) is 8.80. The number of rotatable bonds is 4. The Morgan fingerprint density at radius 3 is 2.47 bits per heavy atom. The van der Waals surface area contributed by atoms with E-state index in [2.05, 4.69) is 0 Å². The Bertz CT molecular complexity index is 354. The third kappa shape index (κ3) is 2.55. The maximum absolute atomic E-state index is 12.7. The van der Waals surface area contributed by atoms with Gasteiger partial charge in [0.15, 0.2) is 0 Å². The van der Waals surface area contributed by atoms with Crippen LogP contribution in [0.3, 0.4) is 0 Å². The fourth-order valence-electron chi connectivity index (χ4n) is 1.95. The first-order valence-corrected chi connectivity index (χ1v) is 5.14. The van der Waals surface area contributed by atoms with E-state index in [1.165, 1.54) is 12.1 Å². The molecule has 0 amide bonds. The molecule has 1 aromatic carbocycles. The Kier molecular flexibility index (Phi) is 2.71. The van der Waals surface area contributed by atoms with Gasteiger partial charge in [-0.3, -0.25) is 4.79 Å². The molecule has 3 heteroatoms. The molecular weight excluding hydrogens is 195 g/mol. The molecule has 0 aromatic heterocycles. The molecule has 0 unspecified atom stereocenters. The predicted molar refractivity (Wildman–Crippen MR) is 54.1 cm³/mol. The highest BCUT2D eigenvalue weighted by Crippen LogP contribution is 2.44. The highest BCUT2D eigenvalue weighted by Gasteiger charge is 2.33. The van der Waals surface area contributed by atoms with E-state index < -0.39 is 5.97 Å². The molecule has 1 aliphatic carbocycles. The number of carboxylic acid groups (broad SMARTS) is 1. The summed E-state index contributed by atoms with van der Waals surface area (Å²) in [6, 6.07) is 6.18. The van der Waals surface area contributed by atoms with Crippen molar-refractivity contribution < 1.29 is 14.3 Å². The third-order valence-electron chi connectivity index (χ3n) is 2.88. The van der Waals surface area contributed by atoms with Crippen molar-refractivity contribution in [2.24, 2.45) is 5.92 Å². The monoisotopic (exact) mass is 208 g/mol. The molecule has 1 N–H and O–H groups in total. The van der Waals surface area contributed by atoms with Gasteiger partial charge < -0.3 is 5.11 Å². The lowest BCUT2D eigenvalue weighted by atomic mass is 9.91. The Morgan fingerprint density at radius 2 is 2.00 bits per heavy atom. The number of hydrogen-bond acceptors (Lipinski definition) is 1. The molecular formula is C12H13FO2. The minimum absolute atomic E-state index is 0.0584. The highest BCUT2D eigenvalue weighted by molar-refractivity contribution is 5.68. The smallest absolute Gasteiger partial charge is 0.303 e. The van der Waals surface area contributed by atoms with E-state index in [1.807, 2.05) is 0 Å². The first-order valence-electron chi connectivity index (χ1n) is 5.14. The summed E-state index contributed by atoms with van der Waals surface area (Å²) in [5.41, 5.74) is 0.946. The van der Waals surface area contributed by atoms with Gasteiger partial charge in [0.25, 0.3) is 0 Å². The van der Waals surface area contributed by atoms with Gasteiger partial charge in [-0.1, -0.05) is 12.1 Å². The summed E-state index contributed by atoms with van der Waals surface area (Å²) >= 11 is 0. The quantitative estimate of drug-likeness (QED) is 0.826. The highest BCUT2D eigenvalue weighted by atomic mass is 19.1. The van der Waals surface area contributed by atoms with Gasteiger partial charge >= 0.3 is 5.97 Å². The maximum Gasteiger partial charge on any atom is 0.303 e. The summed E-state index contributed by atoms with van der Waals surface area (Å²) in [6.07, 6.45) is 2.33. The summed E-state index contributed by atoms with van der Waals surface area (Å²) in [6.45, 7) is 0. The molecule has 1 saturated carbocycles. The molecule has 0 radical (unpaired) electrons. The molecule has 0 spiro atoms. The molecule has 1 atom stereocenters. The molecule has 2 nitrogen and oxygen atoms in total.